The molecule has 2 atom stereocenters. The average Bonchev–Trinajstić information content (AvgIpc) is 2.86. The molecule has 21 heavy (non-hydrogen) atoms. The van der Waals surface area contributed by atoms with E-state index in [1.54, 1.807) is 6.92 Å². The van der Waals surface area contributed by atoms with Crippen LogP contribution in [0.3, 0.4) is 0 Å². The fourth-order valence-corrected chi connectivity index (χ4v) is 3.01. The first-order valence-electron chi connectivity index (χ1n) is 8.41. The van der Waals surface area contributed by atoms with Crippen LogP contribution in [0.15, 0.2) is 17.1 Å². The lowest BCUT2D eigenvalue weighted by molar-refractivity contribution is -0.935. The predicted molar refractivity (Wildman–Crippen MR) is 89.4 cm³/mol. The molecule has 1 aliphatic rings. The molecule has 0 fully saturated rings. The van der Waals surface area contributed by atoms with Crippen molar-refractivity contribution in [1.82, 2.24) is 5.32 Å². The van der Waals surface area contributed by atoms with E-state index in [1.165, 1.54) is 19.3 Å². The molecule has 1 amide bonds. The topological polar surface area (TPSA) is 41.5 Å². The van der Waals surface area contributed by atoms with Crippen LogP contribution in [-0.2, 0) is 4.79 Å². The highest BCUT2D eigenvalue weighted by molar-refractivity contribution is 5.72. The fourth-order valence-electron chi connectivity index (χ4n) is 3.01. The summed E-state index contributed by atoms with van der Waals surface area (Å²) in [6, 6.07) is 0. The number of aliphatic imine (C=N–C) groups is 1. The van der Waals surface area contributed by atoms with Gasteiger partial charge in [0.1, 0.15) is 6.54 Å². The van der Waals surface area contributed by atoms with E-state index in [0.29, 0.717) is 6.17 Å². The van der Waals surface area contributed by atoms with Gasteiger partial charge in [-0.2, -0.15) is 0 Å². The van der Waals surface area contributed by atoms with E-state index >= 15 is 0 Å². The summed E-state index contributed by atoms with van der Waals surface area (Å²) in [4.78, 5) is 15.7. The number of quaternary nitrogens is 1. The number of unbranched alkanes of at least 4 members (excludes halogenated alkanes) is 2. The van der Waals surface area contributed by atoms with Gasteiger partial charge < -0.3 is 5.32 Å². The Kier molecular flexibility index (Phi) is 8.28. The van der Waals surface area contributed by atoms with Gasteiger partial charge in [0.2, 0.25) is 5.91 Å². The minimum absolute atomic E-state index is 0.0589. The van der Waals surface area contributed by atoms with Crippen LogP contribution in [0.2, 0.25) is 0 Å². The Hall–Kier alpha value is -1.16. The minimum Gasteiger partial charge on any atom is -0.351 e. The lowest BCUT2D eigenvalue weighted by atomic mass is 10.1. The van der Waals surface area contributed by atoms with Gasteiger partial charge in [-0.3, -0.25) is 9.28 Å². The summed E-state index contributed by atoms with van der Waals surface area (Å²) in [5.41, 5.74) is 0. The number of amides is 1. The highest BCUT2D eigenvalue weighted by atomic mass is 16.1. The molecular weight excluding hydrogens is 262 g/mol. The van der Waals surface area contributed by atoms with Crippen molar-refractivity contribution in [3.05, 3.63) is 12.2 Å². The second kappa shape index (κ2) is 9.72. The Bertz CT molecular complexity index is 365. The lowest BCUT2D eigenvalue weighted by Gasteiger charge is -2.38. The van der Waals surface area contributed by atoms with Crippen molar-refractivity contribution in [2.45, 2.75) is 59.0 Å². The van der Waals surface area contributed by atoms with Crippen LogP contribution in [0.4, 0.5) is 0 Å². The lowest BCUT2D eigenvalue weighted by Crippen LogP contribution is -2.55. The molecule has 0 spiro atoms. The Morgan fingerprint density at radius 2 is 2.19 bits per heavy atom. The normalized spacial score (nSPS) is 24.8. The molecule has 120 valence electrons. The van der Waals surface area contributed by atoms with E-state index in [0.717, 1.165) is 43.5 Å². The van der Waals surface area contributed by atoms with Crippen molar-refractivity contribution in [3.63, 3.8) is 0 Å². The molecule has 0 saturated carbocycles. The van der Waals surface area contributed by atoms with Crippen LogP contribution < -0.4 is 5.32 Å². The van der Waals surface area contributed by atoms with Crippen LogP contribution in [0.25, 0.3) is 0 Å². The number of nitrogens with zero attached hydrogens (tertiary/aromatic N) is 2. The van der Waals surface area contributed by atoms with E-state index in [2.05, 4.69) is 37.5 Å². The van der Waals surface area contributed by atoms with E-state index in [4.69, 9.17) is 4.99 Å². The number of allylic oxidation sites excluding steroid dienone is 2. The molecule has 1 aliphatic heterocycles. The van der Waals surface area contributed by atoms with Crippen molar-refractivity contribution in [1.29, 1.82) is 0 Å². The molecule has 0 saturated heterocycles. The van der Waals surface area contributed by atoms with Crippen LogP contribution >= 0.6 is 0 Å². The maximum atomic E-state index is 11.0. The maximum Gasteiger partial charge on any atom is 0.217 e. The summed E-state index contributed by atoms with van der Waals surface area (Å²) in [7, 11) is 0. The van der Waals surface area contributed by atoms with Crippen molar-refractivity contribution >= 4 is 12.1 Å². The van der Waals surface area contributed by atoms with Gasteiger partial charge in [0, 0.05) is 13.3 Å². The third-order valence-corrected chi connectivity index (χ3v) is 4.40. The van der Waals surface area contributed by atoms with Gasteiger partial charge in [-0.25, -0.2) is 4.99 Å². The van der Waals surface area contributed by atoms with Gasteiger partial charge in [0.05, 0.1) is 25.8 Å². The molecule has 1 N–H and O–H groups in total. The zero-order valence-corrected chi connectivity index (χ0v) is 14.0. The van der Waals surface area contributed by atoms with Gasteiger partial charge in [-0.05, 0) is 32.6 Å². The molecule has 4 nitrogen and oxygen atoms in total. The van der Waals surface area contributed by atoms with Gasteiger partial charge in [0.25, 0.3) is 0 Å². The maximum absolute atomic E-state index is 11.0. The third kappa shape index (κ3) is 6.00. The Morgan fingerprint density at radius 3 is 2.86 bits per heavy atom. The number of hydrogen-bond acceptors (Lipinski definition) is 2. The monoisotopic (exact) mass is 294 g/mol. The standard InChI is InChI=1S/C17H31N3O/c1-4-6-7-8-9-10-11-17-19-13-15-20(17,5-2)14-12-18-16(3)21/h6-7,13,17H,4-5,8-12,14-15H2,1-3H3/p+1/b7-6+. The molecule has 0 aromatic rings. The molecule has 1 heterocycles. The van der Waals surface area contributed by atoms with Gasteiger partial charge in [-0.1, -0.05) is 19.1 Å². The van der Waals surface area contributed by atoms with E-state index in [1.807, 2.05) is 0 Å². The molecule has 0 aromatic heterocycles. The van der Waals surface area contributed by atoms with Gasteiger partial charge in [-0.15, -0.1) is 0 Å². The van der Waals surface area contributed by atoms with E-state index in [9.17, 15) is 4.79 Å². The van der Waals surface area contributed by atoms with Crippen LogP contribution in [0.5, 0.6) is 0 Å². The van der Waals surface area contributed by atoms with Crippen molar-refractivity contribution in [2.75, 3.05) is 26.2 Å². The van der Waals surface area contributed by atoms with Crippen molar-refractivity contribution < 1.29 is 9.28 Å². The van der Waals surface area contributed by atoms with E-state index < -0.39 is 0 Å². The number of hydrogen-bond donors (Lipinski definition) is 1. The molecule has 1 rings (SSSR count). The number of carbonyl (C=O) groups is 1. The SMILES string of the molecule is CC/C=C/CCCCC1N=CC[N+]1(CC)CCNC(C)=O. The molecule has 0 radical (unpaired) electrons. The first-order chi connectivity index (χ1) is 10.1. The second-order valence-electron chi connectivity index (χ2n) is 5.90. The van der Waals surface area contributed by atoms with Crippen LogP contribution in [-0.4, -0.2) is 48.9 Å². The Balaban J connectivity index is 2.37. The smallest absolute Gasteiger partial charge is 0.217 e. The molecule has 0 bridgehead atoms. The molecule has 0 aromatic carbocycles. The second-order valence-corrected chi connectivity index (χ2v) is 5.90. The Labute approximate surface area is 129 Å². The quantitative estimate of drug-likeness (QED) is 0.376. The van der Waals surface area contributed by atoms with Gasteiger partial charge in [0.15, 0.2) is 6.17 Å². The number of carbonyl (C=O) groups excluding carboxylic acids is 1. The number of likely N-dealkylation sites (N-methyl/N-ethyl adjacent to an activating group) is 1. The largest absolute Gasteiger partial charge is 0.351 e. The van der Waals surface area contributed by atoms with E-state index in [-0.39, 0.29) is 5.91 Å². The minimum atomic E-state index is 0.0589. The molecule has 4 heteroatoms. The highest BCUT2D eigenvalue weighted by Gasteiger charge is 2.37. The number of nitrogens with one attached hydrogen (secondary N) is 1. The summed E-state index contributed by atoms with van der Waals surface area (Å²) >= 11 is 0. The summed E-state index contributed by atoms with van der Waals surface area (Å²) in [5.74, 6) is 0.0589. The molecular formula is C17H32N3O+. The first-order valence-corrected chi connectivity index (χ1v) is 8.41. The zero-order valence-electron chi connectivity index (χ0n) is 14.0. The summed E-state index contributed by atoms with van der Waals surface area (Å²) in [6.07, 6.45) is 13.0. The third-order valence-electron chi connectivity index (χ3n) is 4.40. The Morgan fingerprint density at radius 1 is 1.38 bits per heavy atom. The van der Waals surface area contributed by atoms with Crippen LogP contribution in [0, 0.1) is 0 Å². The highest BCUT2D eigenvalue weighted by Crippen LogP contribution is 2.23. The first kappa shape index (κ1) is 17.9. The predicted octanol–water partition coefficient (Wildman–Crippen LogP) is 2.90. The van der Waals surface area contributed by atoms with Crippen molar-refractivity contribution in [3.8, 4) is 0 Å². The summed E-state index contributed by atoms with van der Waals surface area (Å²) in [6.45, 7) is 9.82. The summed E-state index contributed by atoms with van der Waals surface area (Å²) < 4.78 is 1.01. The van der Waals surface area contributed by atoms with Gasteiger partial charge >= 0.3 is 0 Å². The molecule has 0 aliphatic carbocycles. The molecule has 2 unspecified atom stereocenters. The zero-order chi connectivity index (χ0) is 15.6. The number of rotatable bonds is 10. The van der Waals surface area contributed by atoms with Crippen molar-refractivity contribution in [2.24, 2.45) is 4.99 Å². The summed E-state index contributed by atoms with van der Waals surface area (Å²) in [5, 5.41) is 2.92. The average molecular weight is 294 g/mol. The fraction of sp³-hybridized carbons (Fsp3) is 0.765. The van der Waals surface area contributed by atoms with Crippen LogP contribution in [0.1, 0.15) is 52.9 Å².